The maximum absolute atomic E-state index is 13.6. The Balaban J connectivity index is 0.000000377. The maximum Gasteiger partial charge on any atom is 0.418 e. The maximum atomic E-state index is 13.6. The van der Waals surface area contributed by atoms with E-state index in [1.165, 1.54) is 31.3 Å². The Morgan fingerprint density at radius 3 is 1.56 bits per heavy atom. The van der Waals surface area contributed by atoms with Crippen molar-refractivity contribution in [1.29, 1.82) is 0 Å². The number of methoxy groups -OCH3 is 2. The number of ether oxygens (including phenoxy) is 3. The number of benzene rings is 3. The van der Waals surface area contributed by atoms with E-state index in [0.717, 1.165) is 57.0 Å². The van der Waals surface area contributed by atoms with Gasteiger partial charge in [0, 0.05) is 38.7 Å². The highest BCUT2D eigenvalue weighted by Crippen LogP contribution is 2.41. The molecule has 0 saturated heterocycles. The van der Waals surface area contributed by atoms with Crippen molar-refractivity contribution >= 4 is 64.2 Å². The van der Waals surface area contributed by atoms with Crippen LogP contribution in [0.4, 0.5) is 53.9 Å². The average Bonchev–Trinajstić information content (AvgIpc) is 3.03. The summed E-state index contributed by atoms with van der Waals surface area (Å²) in [6.45, 7) is 2.17. The van der Waals surface area contributed by atoms with E-state index in [1.54, 1.807) is 0 Å². The number of nitrogens with two attached hydrogens (primary N) is 1. The van der Waals surface area contributed by atoms with Crippen LogP contribution in [0.15, 0.2) is 48.5 Å². The van der Waals surface area contributed by atoms with E-state index < -0.39 is 76.0 Å². The SMILES string of the molecule is COC(=O)c1cc(N(C)C(C)=O)c(C(F)(F)F)cc1N.COC(=O)c1cc(N(C)C(C)=O)c(C(F)(F)F)cc1NC(=O)Oc1ccc(Cl)cc1. The predicted molar refractivity (Wildman–Crippen MR) is 169 cm³/mol. The Bertz CT molecular complexity index is 1780. The zero-order valence-corrected chi connectivity index (χ0v) is 27.8. The van der Waals surface area contributed by atoms with Gasteiger partial charge in [-0.3, -0.25) is 14.9 Å². The van der Waals surface area contributed by atoms with Gasteiger partial charge >= 0.3 is 30.4 Å². The van der Waals surface area contributed by atoms with Gasteiger partial charge in [0.05, 0.1) is 53.5 Å². The van der Waals surface area contributed by atoms with Gasteiger partial charge in [-0.25, -0.2) is 14.4 Å². The van der Waals surface area contributed by atoms with Gasteiger partial charge in [0.15, 0.2) is 0 Å². The van der Waals surface area contributed by atoms with Gasteiger partial charge in [-0.15, -0.1) is 0 Å². The first-order valence-corrected chi connectivity index (χ1v) is 14.1. The van der Waals surface area contributed by atoms with Crippen LogP contribution in [-0.2, 0) is 31.4 Å². The summed E-state index contributed by atoms with van der Waals surface area (Å²) in [6, 6.07) is 8.48. The molecule has 0 bridgehead atoms. The van der Waals surface area contributed by atoms with Crippen LogP contribution in [0.3, 0.4) is 0 Å². The molecule has 270 valence electrons. The van der Waals surface area contributed by atoms with Gasteiger partial charge in [0.1, 0.15) is 5.75 Å². The van der Waals surface area contributed by atoms with Crippen molar-refractivity contribution < 1.29 is 64.5 Å². The van der Waals surface area contributed by atoms with Crippen LogP contribution in [0.2, 0.25) is 5.02 Å². The summed E-state index contributed by atoms with van der Waals surface area (Å²) >= 11 is 5.73. The molecule has 0 heterocycles. The molecule has 0 atom stereocenters. The van der Waals surface area contributed by atoms with Crippen LogP contribution in [-0.4, -0.2) is 58.2 Å². The lowest BCUT2D eigenvalue weighted by molar-refractivity contribution is -0.138. The standard InChI is InChI=1S/C19H16ClF3N2O5.C12H13F3N2O3/c1-10(26)25(2)16-8-13(17(27)29-3)15(9-14(16)19(21,22)23)24-18(28)30-12-6-4-11(20)5-7-12;1-6(18)17(2)10-4-7(11(19)20-3)9(16)5-8(10)12(13,14)15/h4-9H,1-3H3,(H,24,28);4-5H,16H2,1-3H3. The number of carbonyl (C=O) groups is 5. The quantitative estimate of drug-likeness (QED) is 0.158. The lowest BCUT2D eigenvalue weighted by Gasteiger charge is -2.23. The fraction of sp³-hybridized carbons (Fsp3) is 0.258. The van der Waals surface area contributed by atoms with Crippen LogP contribution >= 0.6 is 11.6 Å². The van der Waals surface area contributed by atoms with E-state index in [1.807, 2.05) is 0 Å². The largest absolute Gasteiger partial charge is 0.465 e. The Labute approximate surface area is 285 Å². The number of alkyl halides is 6. The molecule has 0 aliphatic heterocycles. The molecule has 50 heavy (non-hydrogen) atoms. The molecule has 0 fully saturated rings. The van der Waals surface area contributed by atoms with E-state index in [2.05, 4.69) is 14.8 Å². The van der Waals surface area contributed by atoms with Crippen molar-refractivity contribution in [3.05, 3.63) is 75.8 Å². The first-order chi connectivity index (χ1) is 23.0. The average molecular weight is 735 g/mol. The number of hydrogen-bond acceptors (Lipinski definition) is 9. The Morgan fingerprint density at radius 2 is 1.14 bits per heavy atom. The number of nitrogen functional groups attached to an aromatic ring is 1. The molecule has 0 aromatic heterocycles. The van der Waals surface area contributed by atoms with Crippen molar-refractivity contribution in [1.82, 2.24) is 0 Å². The van der Waals surface area contributed by atoms with Crippen molar-refractivity contribution in [2.45, 2.75) is 26.2 Å². The number of nitrogens with one attached hydrogen (secondary N) is 1. The molecule has 0 unspecified atom stereocenters. The van der Waals surface area contributed by atoms with E-state index in [0.29, 0.717) is 17.2 Å². The molecule has 3 rings (SSSR count). The summed E-state index contributed by atoms with van der Waals surface area (Å²) in [5.74, 6) is -3.14. The van der Waals surface area contributed by atoms with Crippen molar-refractivity contribution in [3.8, 4) is 5.75 Å². The second-order valence-corrected chi connectivity index (χ2v) is 10.4. The highest BCUT2D eigenvalue weighted by Gasteiger charge is 2.38. The number of amides is 3. The summed E-state index contributed by atoms with van der Waals surface area (Å²) in [5.41, 5.74) is 0.552. The molecule has 0 aliphatic rings. The zero-order chi connectivity index (χ0) is 38.3. The third-order valence-electron chi connectivity index (χ3n) is 6.65. The smallest absolute Gasteiger partial charge is 0.418 e. The number of nitrogens with zero attached hydrogens (tertiary/aromatic N) is 2. The summed E-state index contributed by atoms with van der Waals surface area (Å²) in [5, 5.41) is 2.48. The fourth-order valence-electron chi connectivity index (χ4n) is 3.96. The van der Waals surface area contributed by atoms with Crippen LogP contribution in [0.5, 0.6) is 5.75 Å². The molecular formula is C31H29ClF6N4O8. The molecule has 0 spiro atoms. The molecule has 3 aromatic rings. The minimum atomic E-state index is -4.88. The first-order valence-electron chi connectivity index (χ1n) is 13.7. The molecular weight excluding hydrogens is 706 g/mol. The van der Waals surface area contributed by atoms with Crippen LogP contribution < -0.4 is 25.6 Å². The highest BCUT2D eigenvalue weighted by molar-refractivity contribution is 6.30. The van der Waals surface area contributed by atoms with E-state index >= 15 is 0 Å². The number of hydrogen-bond donors (Lipinski definition) is 2. The Kier molecular flexibility index (Phi) is 13.2. The van der Waals surface area contributed by atoms with Crippen LogP contribution in [0.1, 0.15) is 45.7 Å². The van der Waals surface area contributed by atoms with Crippen LogP contribution in [0.25, 0.3) is 0 Å². The fourth-order valence-corrected chi connectivity index (χ4v) is 4.08. The summed E-state index contributed by atoms with van der Waals surface area (Å²) in [6.07, 6.45) is -10.7. The molecule has 0 saturated carbocycles. The summed E-state index contributed by atoms with van der Waals surface area (Å²) in [4.78, 5) is 60.1. The molecule has 0 aliphatic carbocycles. The number of anilines is 4. The van der Waals surface area contributed by atoms with Crippen LogP contribution in [0, 0.1) is 0 Å². The van der Waals surface area contributed by atoms with E-state index in [4.69, 9.17) is 22.1 Å². The third kappa shape index (κ3) is 10.2. The number of rotatable bonds is 6. The monoisotopic (exact) mass is 734 g/mol. The second kappa shape index (κ2) is 16.3. The molecule has 19 heteroatoms. The Morgan fingerprint density at radius 1 is 0.720 bits per heavy atom. The number of esters is 2. The molecule has 12 nitrogen and oxygen atoms in total. The van der Waals surface area contributed by atoms with Crippen molar-refractivity contribution in [2.24, 2.45) is 0 Å². The molecule has 3 amide bonds. The lowest BCUT2D eigenvalue weighted by Crippen LogP contribution is -2.27. The van der Waals surface area contributed by atoms with Gasteiger partial charge in [-0.05, 0) is 48.5 Å². The van der Waals surface area contributed by atoms with Gasteiger partial charge in [-0.2, -0.15) is 26.3 Å². The van der Waals surface area contributed by atoms with Crippen molar-refractivity contribution in [3.63, 3.8) is 0 Å². The number of halogens is 7. The summed E-state index contributed by atoms with van der Waals surface area (Å²) < 4.78 is 93.6. The molecule has 0 radical (unpaired) electrons. The predicted octanol–water partition coefficient (Wildman–Crippen LogP) is 6.80. The highest BCUT2D eigenvalue weighted by atomic mass is 35.5. The molecule has 3 N–H and O–H groups in total. The molecule has 3 aromatic carbocycles. The number of carbonyl (C=O) groups excluding carboxylic acids is 5. The van der Waals surface area contributed by atoms with Gasteiger partial charge in [0.2, 0.25) is 11.8 Å². The van der Waals surface area contributed by atoms with E-state index in [-0.39, 0.29) is 17.0 Å². The minimum absolute atomic E-state index is 0.0699. The zero-order valence-electron chi connectivity index (χ0n) is 27.0. The third-order valence-corrected chi connectivity index (χ3v) is 6.91. The van der Waals surface area contributed by atoms with E-state index in [9.17, 15) is 50.3 Å². The first kappa shape index (κ1) is 40.7. The van der Waals surface area contributed by atoms with Gasteiger partial charge in [0.25, 0.3) is 0 Å². The normalized spacial score (nSPS) is 11.0. The lowest BCUT2D eigenvalue weighted by atomic mass is 10.0. The Hall–Kier alpha value is -5.52. The van der Waals surface area contributed by atoms with Gasteiger partial charge < -0.3 is 29.7 Å². The second-order valence-electron chi connectivity index (χ2n) is 9.97. The minimum Gasteiger partial charge on any atom is -0.465 e. The summed E-state index contributed by atoms with van der Waals surface area (Å²) in [7, 11) is 4.39. The van der Waals surface area contributed by atoms with Gasteiger partial charge in [-0.1, -0.05) is 11.6 Å². The topological polar surface area (TPSA) is 158 Å². The van der Waals surface area contributed by atoms with Crippen molar-refractivity contribution in [2.75, 3.05) is 49.2 Å².